The Labute approximate surface area is 305 Å². The zero-order valence-corrected chi connectivity index (χ0v) is 29.6. The fourth-order valence-corrected chi connectivity index (χ4v) is 6.11. The maximum Gasteiger partial charge on any atom is 0.519 e. The van der Waals surface area contributed by atoms with Crippen LogP contribution in [0.4, 0.5) is 0 Å². The van der Waals surface area contributed by atoms with Gasteiger partial charge in [0.1, 0.15) is 18.5 Å². The second-order valence-electron chi connectivity index (χ2n) is 12.7. The summed E-state index contributed by atoms with van der Waals surface area (Å²) in [6.45, 7) is 4.37. The molecule has 0 saturated carbocycles. The molecule has 0 saturated heterocycles. The quantitative estimate of drug-likeness (QED) is 0.0628. The minimum Gasteiger partial charge on any atom is -0.453 e. The molecule has 0 fully saturated rings. The van der Waals surface area contributed by atoms with Crippen LogP contribution in [0.25, 0.3) is 22.5 Å². The van der Waals surface area contributed by atoms with Gasteiger partial charge in [0.05, 0.1) is 0 Å². The summed E-state index contributed by atoms with van der Waals surface area (Å²) in [7, 11) is 0. The average Bonchev–Trinajstić information content (AvgIpc) is 3.84. The zero-order valence-electron chi connectivity index (χ0n) is 28.9. The van der Waals surface area contributed by atoms with E-state index in [1.165, 1.54) is 0 Å². The van der Waals surface area contributed by atoms with Gasteiger partial charge in [-0.2, -0.15) is 5.21 Å². The molecule has 280 valence electrons. The summed E-state index contributed by atoms with van der Waals surface area (Å²) in [6.07, 6.45) is 0.744. The molecule has 5 aromatic rings. The molecule has 0 amide bonds. The number of ether oxygens (including phenoxy) is 1. The Morgan fingerprint density at radius 1 is 1.06 bits per heavy atom. The van der Waals surface area contributed by atoms with E-state index in [-0.39, 0.29) is 41.8 Å². The smallest absolute Gasteiger partial charge is 0.453 e. The molecule has 5 rings (SSSR count). The highest BCUT2D eigenvalue weighted by atomic mass is 35.5. The Morgan fingerprint density at radius 3 is 2.43 bits per heavy atom. The van der Waals surface area contributed by atoms with Crippen molar-refractivity contribution in [3.63, 3.8) is 0 Å². The summed E-state index contributed by atoms with van der Waals surface area (Å²) in [5.41, 5.74) is 2.57. The van der Waals surface area contributed by atoms with Crippen LogP contribution < -0.4 is 5.82 Å². The Morgan fingerprint density at radius 2 is 1.77 bits per heavy atom. The summed E-state index contributed by atoms with van der Waals surface area (Å²) in [4.78, 5) is 60.6. The molecule has 0 bridgehead atoms. The predicted molar refractivity (Wildman–Crippen MR) is 183 cm³/mol. The second-order valence-corrected chi connectivity index (χ2v) is 13.1. The van der Waals surface area contributed by atoms with Gasteiger partial charge in [0, 0.05) is 24.9 Å². The van der Waals surface area contributed by atoms with Crippen LogP contribution in [0.15, 0.2) is 62.2 Å². The zero-order chi connectivity index (χ0) is 38.1. The molecule has 0 aliphatic heterocycles. The average molecular weight is 755 g/mol. The number of carbonyl (C=O) groups is 1. The van der Waals surface area contributed by atoms with E-state index in [1.807, 2.05) is 55.5 Å². The van der Waals surface area contributed by atoms with Gasteiger partial charge in [-0.05, 0) is 40.2 Å². The van der Waals surface area contributed by atoms with Crippen molar-refractivity contribution in [1.82, 2.24) is 30.2 Å². The Kier molecular flexibility index (Phi) is 12.2. The lowest BCUT2D eigenvalue weighted by molar-refractivity contribution is -0.790. The third-order valence-corrected chi connectivity index (χ3v) is 8.41. The van der Waals surface area contributed by atoms with Gasteiger partial charge in [-0.15, -0.1) is 30.4 Å². The molecule has 53 heavy (non-hydrogen) atoms. The molecule has 3 aromatic heterocycles. The van der Waals surface area contributed by atoms with Crippen molar-refractivity contribution in [3.05, 3.63) is 113 Å². The van der Waals surface area contributed by atoms with Gasteiger partial charge in [-0.25, -0.2) is 14.6 Å². The maximum absolute atomic E-state index is 13.6. The number of rotatable bonds is 19. The highest BCUT2D eigenvalue weighted by Crippen LogP contribution is 2.32. The van der Waals surface area contributed by atoms with Gasteiger partial charge in [-0.1, -0.05) is 87.3 Å². The van der Waals surface area contributed by atoms with Crippen molar-refractivity contribution in [3.8, 4) is 22.5 Å². The number of nitrogens with zero attached hydrogens (tertiary/aromatic N) is 7. The highest BCUT2D eigenvalue weighted by Gasteiger charge is 2.31. The SMILES string of the molecule is CCCCc1nc(Cl)c(C(=O)OCc2oc(=O)oc2CC(C)(C)C[C@H](CO[N+](=O)[O-])O[N+](=O)[O-])n1Cc1ccc(-c2ccccc2-c2nn[nH]n2)cc1. The third kappa shape index (κ3) is 10.0. The number of aromatic amines is 1. The first-order chi connectivity index (χ1) is 25.3. The van der Waals surface area contributed by atoms with Crippen molar-refractivity contribution in [1.29, 1.82) is 0 Å². The fraction of sp³-hybridized carbons (Fsp3) is 0.394. The van der Waals surface area contributed by atoms with E-state index in [1.54, 1.807) is 18.4 Å². The monoisotopic (exact) mass is 754 g/mol. The third-order valence-electron chi connectivity index (χ3n) is 8.15. The largest absolute Gasteiger partial charge is 0.519 e. The Hall–Kier alpha value is -6.11. The van der Waals surface area contributed by atoms with Crippen LogP contribution in [0.5, 0.6) is 0 Å². The van der Waals surface area contributed by atoms with Crippen molar-refractivity contribution in [2.24, 2.45) is 5.41 Å². The number of tetrazole rings is 1. The minimum atomic E-state index is -1.31. The highest BCUT2D eigenvalue weighted by molar-refractivity contribution is 6.32. The molecule has 0 radical (unpaired) electrons. The molecule has 0 aliphatic carbocycles. The molecule has 1 atom stereocenters. The van der Waals surface area contributed by atoms with E-state index in [0.29, 0.717) is 18.1 Å². The number of hydrogen-bond donors (Lipinski definition) is 1. The number of H-pyrrole nitrogens is 1. The molecule has 1 N–H and O–H groups in total. The summed E-state index contributed by atoms with van der Waals surface area (Å²) < 4.78 is 17.7. The second kappa shape index (κ2) is 16.9. The Bertz CT molecular complexity index is 2090. The normalized spacial score (nSPS) is 12.0. The number of carbonyl (C=O) groups excluding carboxylic acids is 1. The van der Waals surface area contributed by atoms with Gasteiger partial charge in [0.15, 0.2) is 29.0 Å². The predicted octanol–water partition coefficient (Wildman–Crippen LogP) is 5.42. The van der Waals surface area contributed by atoms with Crippen molar-refractivity contribution in [2.75, 3.05) is 6.61 Å². The summed E-state index contributed by atoms with van der Waals surface area (Å²) in [5, 5.41) is 33.7. The van der Waals surface area contributed by atoms with Crippen molar-refractivity contribution >= 4 is 17.6 Å². The molecule has 0 spiro atoms. The number of imidazole rings is 1. The number of unbranched alkanes of at least 4 members (excludes halogenated alkanes) is 1. The van der Waals surface area contributed by atoms with Crippen LogP contribution in [-0.2, 0) is 40.4 Å². The lowest BCUT2D eigenvalue weighted by Gasteiger charge is -2.27. The molecular weight excluding hydrogens is 720 g/mol. The minimum absolute atomic E-state index is 0.00239. The lowest BCUT2D eigenvalue weighted by atomic mass is 9.82. The van der Waals surface area contributed by atoms with Gasteiger partial charge >= 0.3 is 11.8 Å². The van der Waals surface area contributed by atoms with Crippen molar-refractivity contribution < 1.29 is 38.2 Å². The first-order valence-corrected chi connectivity index (χ1v) is 16.8. The Balaban J connectivity index is 1.33. The maximum atomic E-state index is 13.6. The number of halogens is 1. The summed E-state index contributed by atoms with van der Waals surface area (Å²) >= 11 is 6.54. The standard InChI is InChI=1S/C33H35ClN8O11/c1-4-5-10-27-35-29(34)28(40(27)17-20-11-13-21(14-12-20)23-8-6-7-9-24(23)30-36-38-39-37-30)31(43)49-19-26-25(51-32(44)52-26)16-33(2,3)15-22(53-42(47)48)18-50-41(45)46/h6-9,11-14,22H,4-5,10,15-19H2,1-3H3,(H,36,37,38,39)/t22-/m1/s1. The topological polar surface area (TPSA) is 247 Å². The number of aryl methyl sites for hydroxylation is 1. The van der Waals surface area contributed by atoms with Gasteiger partial charge in [-0.3, -0.25) is 0 Å². The molecule has 0 aliphatic rings. The first-order valence-electron chi connectivity index (χ1n) is 16.4. The van der Waals surface area contributed by atoms with E-state index < -0.39 is 46.7 Å². The first kappa shape index (κ1) is 38.1. The number of aromatic nitrogens is 6. The molecule has 20 heteroatoms. The molecule has 19 nitrogen and oxygen atoms in total. The van der Waals surface area contributed by atoms with Crippen molar-refractivity contribution in [2.45, 2.75) is 72.1 Å². The van der Waals surface area contributed by atoms with Crippen LogP contribution in [0, 0.1) is 25.6 Å². The van der Waals surface area contributed by atoms with Gasteiger partial charge < -0.3 is 27.8 Å². The number of esters is 1. The molecular formula is C33H35ClN8O11. The molecule has 3 heterocycles. The number of hydrogen-bond acceptors (Lipinski definition) is 15. The van der Waals surface area contributed by atoms with Gasteiger partial charge in [0.2, 0.25) is 5.82 Å². The van der Waals surface area contributed by atoms with Crippen LogP contribution in [-0.4, -0.2) is 59.0 Å². The van der Waals surface area contributed by atoms with E-state index in [9.17, 15) is 29.8 Å². The fourth-order valence-electron chi connectivity index (χ4n) is 5.83. The van der Waals surface area contributed by atoms with Gasteiger partial charge in [0.25, 0.3) is 10.2 Å². The summed E-state index contributed by atoms with van der Waals surface area (Å²) in [5.74, 6) is -0.948. The van der Waals surface area contributed by atoms with E-state index in [4.69, 9.17) is 25.2 Å². The van der Waals surface area contributed by atoms with E-state index in [0.717, 1.165) is 35.1 Å². The van der Waals surface area contributed by atoms with E-state index in [2.05, 4.69) is 35.3 Å². The number of benzene rings is 2. The van der Waals surface area contributed by atoms with Crippen LogP contribution in [0.1, 0.15) is 73.4 Å². The van der Waals surface area contributed by atoms with Crippen LogP contribution in [0.2, 0.25) is 5.15 Å². The van der Waals surface area contributed by atoms with Crippen LogP contribution in [0.3, 0.4) is 0 Å². The molecule has 2 aromatic carbocycles. The summed E-state index contributed by atoms with van der Waals surface area (Å²) in [6, 6.07) is 15.4. The van der Waals surface area contributed by atoms with Crippen LogP contribution >= 0.6 is 11.6 Å². The number of nitrogens with one attached hydrogen (secondary N) is 1. The van der Waals surface area contributed by atoms with E-state index >= 15 is 0 Å². The lowest BCUT2D eigenvalue weighted by Crippen LogP contribution is -2.31. The molecule has 0 unspecified atom stereocenters.